The molecule has 1 heterocycles. The van der Waals surface area contributed by atoms with Gasteiger partial charge in [0.05, 0.1) is 23.8 Å². The Labute approximate surface area is 170 Å². The molecular formula is C18H16BrClN4OS. The lowest BCUT2D eigenvalue weighted by Crippen LogP contribution is -2.20. The van der Waals surface area contributed by atoms with Crippen LogP contribution >= 0.6 is 39.7 Å². The summed E-state index contributed by atoms with van der Waals surface area (Å²) in [4.78, 5) is 0. The number of nitrogens with one attached hydrogen (secondary N) is 2. The topological polar surface area (TPSA) is 51.1 Å². The first-order chi connectivity index (χ1) is 12.5. The molecule has 5 nitrogen and oxygen atoms in total. The fraction of sp³-hybridized carbons (Fsp3) is 0.111. The number of rotatable bonds is 5. The molecule has 0 aliphatic heterocycles. The number of hydrogen-bond acceptors (Lipinski definition) is 3. The minimum Gasteiger partial charge on any atom is -0.495 e. The highest BCUT2D eigenvalue weighted by Gasteiger charge is 2.10. The van der Waals surface area contributed by atoms with E-state index in [-0.39, 0.29) is 0 Å². The van der Waals surface area contributed by atoms with Crippen LogP contribution in [0.4, 0.5) is 11.5 Å². The molecule has 3 rings (SSSR count). The number of methoxy groups -OCH3 is 1. The quantitative estimate of drug-likeness (QED) is 0.524. The van der Waals surface area contributed by atoms with E-state index >= 15 is 0 Å². The normalized spacial score (nSPS) is 10.4. The Hall–Kier alpha value is -2.09. The standard InChI is InChI=1S/C18H16BrClN4OS/c1-25-16-5-3-2-4-15(16)21-18(26)22-17-14(19)11-24(23-17)10-12-6-8-13(20)9-7-12/h2-9,11H,10H2,1H3,(H2,21,22,23,26). The van der Waals surface area contributed by atoms with Gasteiger partial charge in [-0.25, -0.2) is 0 Å². The van der Waals surface area contributed by atoms with Crippen molar-refractivity contribution in [2.75, 3.05) is 17.7 Å². The van der Waals surface area contributed by atoms with Crippen molar-refractivity contribution in [3.63, 3.8) is 0 Å². The largest absolute Gasteiger partial charge is 0.495 e. The zero-order valence-electron chi connectivity index (χ0n) is 13.9. The third kappa shape index (κ3) is 4.75. The number of halogens is 2. The average molecular weight is 452 g/mol. The highest BCUT2D eigenvalue weighted by Crippen LogP contribution is 2.25. The maximum absolute atomic E-state index is 5.92. The molecule has 26 heavy (non-hydrogen) atoms. The van der Waals surface area contributed by atoms with Crippen LogP contribution in [0.3, 0.4) is 0 Å². The van der Waals surface area contributed by atoms with Crippen LogP contribution in [0, 0.1) is 0 Å². The summed E-state index contributed by atoms with van der Waals surface area (Å²) in [6.07, 6.45) is 1.89. The Morgan fingerprint density at radius 1 is 1.19 bits per heavy atom. The van der Waals surface area contributed by atoms with E-state index < -0.39 is 0 Å². The molecule has 0 fully saturated rings. The number of hydrogen-bond donors (Lipinski definition) is 2. The van der Waals surface area contributed by atoms with Gasteiger partial charge in [0.1, 0.15) is 5.75 Å². The Balaban J connectivity index is 1.67. The molecule has 0 spiro atoms. The first-order valence-corrected chi connectivity index (χ1v) is 9.31. The predicted octanol–water partition coefficient (Wildman–Crippen LogP) is 5.16. The molecule has 0 radical (unpaired) electrons. The lowest BCUT2D eigenvalue weighted by Gasteiger charge is -2.12. The van der Waals surface area contributed by atoms with E-state index in [4.69, 9.17) is 28.6 Å². The van der Waals surface area contributed by atoms with E-state index in [1.165, 1.54) is 0 Å². The summed E-state index contributed by atoms with van der Waals surface area (Å²) in [5.41, 5.74) is 1.88. The van der Waals surface area contributed by atoms with Gasteiger partial charge in [-0.3, -0.25) is 4.68 Å². The molecule has 134 valence electrons. The molecule has 0 atom stereocenters. The van der Waals surface area contributed by atoms with Crippen LogP contribution in [-0.2, 0) is 6.54 Å². The van der Waals surface area contributed by atoms with Gasteiger partial charge in [0.15, 0.2) is 10.9 Å². The maximum atomic E-state index is 5.92. The number of thiocarbonyl (C=S) groups is 1. The van der Waals surface area contributed by atoms with Crippen molar-refractivity contribution in [1.82, 2.24) is 9.78 Å². The number of ether oxygens (including phenoxy) is 1. The van der Waals surface area contributed by atoms with Crippen LogP contribution in [0.15, 0.2) is 59.2 Å². The lowest BCUT2D eigenvalue weighted by molar-refractivity contribution is 0.417. The molecular weight excluding hydrogens is 436 g/mol. The summed E-state index contributed by atoms with van der Waals surface area (Å²) in [5.74, 6) is 1.34. The second-order valence-corrected chi connectivity index (χ2v) is 7.13. The average Bonchev–Trinajstić information content (AvgIpc) is 2.96. The molecule has 0 amide bonds. The van der Waals surface area contributed by atoms with Gasteiger partial charge in [-0.2, -0.15) is 5.10 Å². The number of anilines is 2. The van der Waals surface area contributed by atoms with Crippen LogP contribution in [0.25, 0.3) is 0 Å². The van der Waals surface area contributed by atoms with Crippen molar-refractivity contribution in [2.45, 2.75) is 6.54 Å². The third-order valence-electron chi connectivity index (χ3n) is 3.56. The van der Waals surface area contributed by atoms with E-state index in [9.17, 15) is 0 Å². The monoisotopic (exact) mass is 450 g/mol. The van der Waals surface area contributed by atoms with Gasteiger partial charge in [-0.15, -0.1) is 0 Å². The van der Waals surface area contributed by atoms with Crippen molar-refractivity contribution < 1.29 is 4.74 Å². The molecule has 0 bridgehead atoms. The lowest BCUT2D eigenvalue weighted by atomic mass is 10.2. The van der Waals surface area contributed by atoms with E-state index in [2.05, 4.69) is 31.7 Å². The van der Waals surface area contributed by atoms with Crippen molar-refractivity contribution in [1.29, 1.82) is 0 Å². The minimum absolute atomic E-state index is 0.423. The smallest absolute Gasteiger partial charge is 0.176 e. The van der Waals surface area contributed by atoms with Crippen molar-refractivity contribution in [3.8, 4) is 5.75 Å². The Morgan fingerprint density at radius 3 is 2.65 bits per heavy atom. The first-order valence-electron chi connectivity index (χ1n) is 7.73. The summed E-state index contributed by atoms with van der Waals surface area (Å²) >= 11 is 14.8. The van der Waals surface area contributed by atoms with E-state index in [1.807, 2.05) is 59.4 Å². The van der Waals surface area contributed by atoms with Crippen LogP contribution in [0.2, 0.25) is 5.02 Å². The van der Waals surface area contributed by atoms with Gasteiger partial charge in [0.25, 0.3) is 0 Å². The Kier molecular flexibility index (Phi) is 6.13. The number of para-hydroxylation sites is 2. The van der Waals surface area contributed by atoms with E-state index in [1.54, 1.807) is 7.11 Å². The summed E-state index contributed by atoms with van der Waals surface area (Å²) in [6, 6.07) is 15.2. The van der Waals surface area contributed by atoms with Gasteiger partial charge in [0, 0.05) is 11.2 Å². The summed E-state index contributed by atoms with van der Waals surface area (Å²) in [5, 5.41) is 11.9. The summed E-state index contributed by atoms with van der Waals surface area (Å²) in [6.45, 7) is 0.629. The molecule has 0 aliphatic carbocycles. The second kappa shape index (κ2) is 8.53. The fourth-order valence-electron chi connectivity index (χ4n) is 2.35. The second-order valence-electron chi connectivity index (χ2n) is 5.43. The van der Waals surface area contributed by atoms with Crippen LogP contribution in [-0.4, -0.2) is 22.0 Å². The molecule has 1 aromatic heterocycles. The Morgan fingerprint density at radius 2 is 1.92 bits per heavy atom. The van der Waals surface area contributed by atoms with Crippen LogP contribution in [0.1, 0.15) is 5.56 Å². The molecule has 2 N–H and O–H groups in total. The molecule has 3 aromatic rings. The van der Waals surface area contributed by atoms with Crippen LogP contribution < -0.4 is 15.4 Å². The summed E-state index contributed by atoms with van der Waals surface area (Å²) < 4.78 is 7.95. The van der Waals surface area contributed by atoms with Crippen molar-refractivity contribution in [2.24, 2.45) is 0 Å². The number of nitrogens with zero attached hydrogens (tertiary/aromatic N) is 2. The SMILES string of the molecule is COc1ccccc1NC(=S)Nc1nn(Cc2ccc(Cl)cc2)cc1Br. The summed E-state index contributed by atoms with van der Waals surface area (Å²) in [7, 11) is 1.62. The van der Waals surface area contributed by atoms with E-state index in [0.717, 1.165) is 15.7 Å². The molecule has 8 heteroatoms. The number of benzene rings is 2. The molecule has 0 saturated heterocycles. The highest BCUT2D eigenvalue weighted by atomic mass is 79.9. The minimum atomic E-state index is 0.423. The predicted molar refractivity (Wildman–Crippen MR) is 113 cm³/mol. The van der Waals surface area contributed by atoms with E-state index in [0.29, 0.717) is 28.2 Å². The Bertz CT molecular complexity index is 914. The van der Waals surface area contributed by atoms with Gasteiger partial charge < -0.3 is 15.4 Å². The molecule has 0 saturated carbocycles. The maximum Gasteiger partial charge on any atom is 0.176 e. The van der Waals surface area contributed by atoms with Crippen molar-refractivity contribution >= 4 is 56.4 Å². The highest BCUT2D eigenvalue weighted by molar-refractivity contribution is 9.10. The fourth-order valence-corrected chi connectivity index (χ4v) is 3.10. The first kappa shape index (κ1) is 18.7. The zero-order valence-corrected chi connectivity index (χ0v) is 17.0. The number of aromatic nitrogens is 2. The third-order valence-corrected chi connectivity index (χ3v) is 4.60. The van der Waals surface area contributed by atoms with Gasteiger partial charge in [-0.1, -0.05) is 35.9 Å². The van der Waals surface area contributed by atoms with Crippen molar-refractivity contribution in [3.05, 3.63) is 69.8 Å². The van der Waals surface area contributed by atoms with Crippen LogP contribution in [0.5, 0.6) is 5.75 Å². The molecule has 0 unspecified atom stereocenters. The van der Waals surface area contributed by atoms with Gasteiger partial charge in [0.2, 0.25) is 0 Å². The van der Waals surface area contributed by atoms with Gasteiger partial charge in [-0.05, 0) is 58.0 Å². The molecule has 0 aliphatic rings. The zero-order chi connectivity index (χ0) is 18.5. The molecule has 2 aromatic carbocycles. The van der Waals surface area contributed by atoms with Gasteiger partial charge >= 0.3 is 0 Å².